The van der Waals surface area contributed by atoms with Crippen LogP contribution < -0.4 is 0 Å². The molecular formula is C19H9Cl6NO2. The summed E-state index contributed by atoms with van der Waals surface area (Å²) in [5, 5.41) is 10.6. The summed E-state index contributed by atoms with van der Waals surface area (Å²) in [7, 11) is 0. The zero-order chi connectivity index (χ0) is 20.6. The minimum atomic E-state index is -1.01. The van der Waals surface area contributed by atoms with Crippen LogP contribution >= 0.6 is 69.6 Å². The quantitative estimate of drug-likeness (QED) is 0.373. The minimum absolute atomic E-state index is 0.155. The Morgan fingerprint density at radius 2 is 1.29 bits per heavy atom. The standard InChI is InChI=1S/C19H9Cl6NO2/c20-11-4-2-9(15(22)17(11)24)13-6-1-8(7-14(27)28)19(26-13)10-3-5-12(21)18(25)16(10)23/h1-6H,7H2,(H,27,28). The normalized spacial score (nSPS) is 10.9. The SMILES string of the molecule is O=C(O)Cc1ccc(-c2ccc(Cl)c(Cl)c2Cl)nc1-c1ccc(Cl)c(Cl)c1Cl. The van der Waals surface area contributed by atoms with Gasteiger partial charge >= 0.3 is 5.97 Å². The van der Waals surface area contributed by atoms with Gasteiger partial charge in [-0.2, -0.15) is 0 Å². The van der Waals surface area contributed by atoms with E-state index in [1.165, 1.54) is 0 Å². The predicted octanol–water partition coefficient (Wildman–Crippen LogP) is 7.96. The Bertz CT molecular complexity index is 1100. The van der Waals surface area contributed by atoms with Crippen LogP contribution in [-0.4, -0.2) is 16.1 Å². The smallest absolute Gasteiger partial charge is 0.307 e. The molecule has 9 heteroatoms. The molecule has 1 heterocycles. The highest BCUT2D eigenvalue weighted by Crippen LogP contribution is 2.41. The number of hydrogen-bond donors (Lipinski definition) is 1. The van der Waals surface area contributed by atoms with Crippen molar-refractivity contribution in [3.63, 3.8) is 0 Å². The van der Waals surface area contributed by atoms with Crippen molar-refractivity contribution in [3.05, 3.63) is 72.1 Å². The van der Waals surface area contributed by atoms with Crippen LogP contribution in [0.15, 0.2) is 36.4 Å². The van der Waals surface area contributed by atoms with Gasteiger partial charge in [0.1, 0.15) is 0 Å². The zero-order valence-electron chi connectivity index (χ0n) is 13.7. The van der Waals surface area contributed by atoms with Crippen LogP contribution in [0.1, 0.15) is 5.56 Å². The number of halogens is 6. The second-order valence-electron chi connectivity index (χ2n) is 5.72. The summed E-state index contributed by atoms with van der Waals surface area (Å²) < 4.78 is 0. The molecule has 2 aromatic carbocycles. The molecule has 0 spiro atoms. The molecule has 144 valence electrons. The third-order valence-electron chi connectivity index (χ3n) is 3.92. The maximum Gasteiger partial charge on any atom is 0.307 e. The number of carboxylic acid groups (broad SMARTS) is 1. The Hall–Kier alpha value is -1.20. The Morgan fingerprint density at radius 3 is 1.86 bits per heavy atom. The van der Waals surface area contributed by atoms with Crippen molar-refractivity contribution in [3.8, 4) is 22.5 Å². The van der Waals surface area contributed by atoms with E-state index in [9.17, 15) is 9.90 Å². The fraction of sp³-hybridized carbons (Fsp3) is 0.0526. The molecule has 3 nitrogen and oxygen atoms in total. The van der Waals surface area contributed by atoms with Gasteiger partial charge in [-0.15, -0.1) is 0 Å². The first kappa shape index (κ1) is 21.5. The summed E-state index contributed by atoms with van der Waals surface area (Å²) in [6.45, 7) is 0. The second-order valence-corrected chi connectivity index (χ2v) is 8.05. The van der Waals surface area contributed by atoms with Crippen LogP contribution in [0, 0.1) is 0 Å². The first-order valence-electron chi connectivity index (χ1n) is 7.70. The highest BCUT2D eigenvalue weighted by Gasteiger charge is 2.19. The molecular weight excluding hydrogens is 487 g/mol. The maximum atomic E-state index is 11.3. The van der Waals surface area contributed by atoms with Gasteiger partial charge in [0.2, 0.25) is 0 Å². The van der Waals surface area contributed by atoms with Crippen molar-refractivity contribution in [2.24, 2.45) is 0 Å². The molecule has 3 rings (SSSR count). The average Bonchev–Trinajstić information content (AvgIpc) is 2.65. The molecule has 1 N–H and O–H groups in total. The number of rotatable bonds is 4. The van der Waals surface area contributed by atoms with E-state index >= 15 is 0 Å². The monoisotopic (exact) mass is 493 g/mol. The number of carboxylic acids is 1. The van der Waals surface area contributed by atoms with Gasteiger partial charge in [0.25, 0.3) is 0 Å². The van der Waals surface area contributed by atoms with Crippen molar-refractivity contribution in [1.29, 1.82) is 0 Å². The highest BCUT2D eigenvalue weighted by atomic mass is 35.5. The van der Waals surface area contributed by atoms with Gasteiger partial charge in [0.15, 0.2) is 0 Å². The van der Waals surface area contributed by atoms with Crippen molar-refractivity contribution >= 4 is 75.6 Å². The number of hydrogen-bond acceptors (Lipinski definition) is 2. The van der Waals surface area contributed by atoms with Crippen molar-refractivity contribution in [2.75, 3.05) is 0 Å². The molecule has 0 unspecified atom stereocenters. The Morgan fingerprint density at radius 1 is 0.750 bits per heavy atom. The van der Waals surface area contributed by atoms with E-state index in [-0.39, 0.29) is 31.5 Å². The largest absolute Gasteiger partial charge is 0.481 e. The fourth-order valence-corrected chi connectivity index (χ4v) is 3.87. The van der Waals surface area contributed by atoms with Crippen LogP contribution in [0.25, 0.3) is 22.5 Å². The fourth-order valence-electron chi connectivity index (χ4n) is 2.61. The molecule has 1 aromatic heterocycles. The summed E-state index contributed by atoms with van der Waals surface area (Å²) in [5.74, 6) is -1.01. The Labute approximate surface area is 190 Å². The predicted molar refractivity (Wildman–Crippen MR) is 117 cm³/mol. The van der Waals surface area contributed by atoms with E-state index in [0.29, 0.717) is 33.1 Å². The average molecular weight is 496 g/mol. The summed E-state index contributed by atoms with van der Waals surface area (Å²) in [5.41, 5.74) is 2.26. The van der Waals surface area contributed by atoms with Crippen LogP contribution in [0.2, 0.25) is 30.1 Å². The molecule has 0 radical (unpaired) electrons. The van der Waals surface area contributed by atoms with Crippen LogP contribution in [0.5, 0.6) is 0 Å². The molecule has 28 heavy (non-hydrogen) atoms. The summed E-state index contributed by atoms with van der Waals surface area (Å²) in [4.78, 5) is 15.9. The third kappa shape index (κ3) is 4.20. The van der Waals surface area contributed by atoms with Gasteiger partial charge in [0, 0.05) is 11.1 Å². The van der Waals surface area contributed by atoms with E-state index in [4.69, 9.17) is 69.6 Å². The van der Waals surface area contributed by atoms with E-state index in [2.05, 4.69) is 4.98 Å². The third-order valence-corrected chi connectivity index (χ3v) is 6.51. The summed E-state index contributed by atoms with van der Waals surface area (Å²) in [6.07, 6.45) is -0.256. The molecule has 0 fully saturated rings. The molecule has 0 atom stereocenters. The van der Waals surface area contributed by atoms with Crippen LogP contribution in [-0.2, 0) is 11.2 Å². The molecule has 0 amide bonds. The molecule has 0 saturated heterocycles. The van der Waals surface area contributed by atoms with E-state index in [0.717, 1.165) is 0 Å². The number of nitrogens with zero attached hydrogens (tertiary/aromatic N) is 1. The van der Waals surface area contributed by atoms with Gasteiger partial charge in [-0.25, -0.2) is 4.98 Å². The first-order chi connectivity index (χ1) is 13.2. The van der Waals surface area contributed by atoms with E-state index < -0.39 is 5.97 Å². The molecule has 0 aliphatic rings. The second kappa shape index (κ2) is 8.66. The van der Waals surface area contributed by atoms with Crippen LogP contribution in [0.3, 0.4) is 0 Å². The van der Waals surface area contributed by atoms with E-state index in [1.54, 1.807) is 36.4 Å². The lowest BCUT2D eigenvalue weighted by Crippen LogP contribution is -2.04. The summed E-state index contributed by atoms with van der Waals surface area (Å²) >= 11 is 36.9. The maximum absolute atomic E-state index is 11.3. The highest BCUT2D eigenvalue weighted by molar-refractivity contribution is 6.49. The van der Waals surface area contributed by atoms with Crippen molar-refractivity contribution in [2.45, 2.75) is 6.42 Å². The van der Waals surface area contributed by atoms with Gasteiger partial charge in [-0.3, -0.25) is 4.79 Å². The topological polar surface area (TPSA) is 50.2 Å². The van der Waals surface area contributed by atoms with Gasteiger partial charge in [-0.1, -0.05) is 75.7 Å². The van der Waals surface area contributed by atoms with E-state index in [1.807, 2.05) is 0 Å². The molecule has 0 aliphatic heterocycles. The molecule has 0 saturated carbocycles. The molecule has 3 aromatic rings. The van der Waals surface area contributed by atoms with Gasteiger partial charge < -0.3 is 5.11 Å². The zero-order valence-corrected chi connectivity index (χ0v) is 18.3. The number of carbonyl (C=O) groups is 1. The lowest BCUT2D eigenvalue weighted by Gasteiger charge is -2.14. The van der Waals surface area contributed by atoms with Crippen LogP contribution in [0.4, 0.5) is 0 Å². The summed E-state index contributed by atoms with van der Waals surface area (Å²) in [6, 6.07) is 9.77. The van der Waals surface area contributed by atoms with Gasteiger partial charge in [0.05, 0.1) is 47.9 Å². The lowest BCUT2D eigenvalue weighted by atomic mass is 10.0. The minimum Gasteiger partial charge on any atom is -0.481 e. The van der Waals surface area contributed by atoms with Crippen molar-refractivity contribution < 1.29 is 9.90 Å². The number of pyridine rings is 1. The number of aliphatic carboxylic acids is 1. The molecule has 0 bridgehead atoms. The number of aromatic nitrogens is 1. The van der Waals surface area contributed by atoms with Gasteiger partial charge in [-0.05, 0) is 35.9 Å². The lowest BCUT2D eigenvalue weighted by molar-refractivity contribution is -0.136. The first-order valence-corrected chi connectivity index (χ1v) is 9.97. The number of benzene rings is 2. The molecule has 0 aliphatic carbocycles. The Balaban J connectivity index is 2.26. The Kier molecular flexibility index (Phi) is 6.65. The van der Waals surface area contributed by atoms with Crippen molar-refractivity contribution in [1.82, 2.24) is 4.98 Å².